The fourth-order valence-electron chi connectivity index (χ4n) is 2.21. The van der Waals surface area contributed by atoms with Gasteiger partial charge in [-0.05, 0) is 40.6 Å². The van der Waals surface area contributed by atoms with Crippen molar-refractivity contribution in [1.82, 2.24) is 20.3 Å². The lowest BCUT2D eigenvalue weighted by atomic mass is 10.3. The minimum Gasteiger partial charge on any atom is -0.441 e. The Morgan fingerprint density at radius 2 is 1.87 bits per heavy atom. The number of anilines is 3. The molecule has 0 aliphatic rings. The first kappa shape index (κ1) is 19.7. The van der Waals surface area contributed by atoms with Gasteiger partial charge in [-0.3, -0.25) is 9.98 Å². The largest absolute Gasteiger partial charge is 0.441 e. The maximum Gasteiger partial charge on any atom is 0.328 e. The summed E-state index contributed by atoms with van der Waals surface area (Å²) in [6.07, 6.45) is 1.14. The third-order valence-corrected chi connectivity index (χ3v) is 4.53. The average molecular weight is 454 g/mol. The maximum atomic E-state index is 13.4. The maximum absolute atomic E-state index is 13.4. The van der Waals surface area contributed by atoms with Gasteiger partial charge in [0.05, 0.1) is 11.2 Å². The lowest BCUT2D eigenvalue weighted by molar-refractivity contribution is 0.314. The molecule has 4 aromatic rings. The van der Waals surface area contributed by atoms with Gasteiger partial charge in [0.25, 0.3) is 0 Å². The molecule has 15 heteroatoms. The molecule has 0 amide bonds. The van der Waals surface area contributed by atoms with Crippen molar-refractivity contribution in [2.45, 2.75) is 5.09 Å². The van der Waals surface area contributed by atoms with E-state index in [2.05, 4.69) is 40.8 Å². The Balaban J connectivity index is 1.61. The molecule has 3 N–H and O–H groups in total. The van der Waals surface area contributed by atoms with Crippen LogP contribution in [0.3, 0.4) is 0 Å². The molecule has 0 radical (unpaired) electrons. The van der Waals surface area contributed by atoms with Crippen molar-refractivity contribution in [2.75, 3.05) is 10.7 Å². The summed E-state index contributed by atoms with van der Waals surface area (Å²) in [6.45, 7) is 0. The Labute approximate surface area is 171 Å². The zero-order valence-corrected chi connectivity index (χ0v) is 16.0. The molecule has 1 aromatic carbocycles. The van der Waals surface area contributed by atoms with E-state index in [1.165, 1.54) is 24.3 Å². The molecule has 0 fully saturated rings. The van der Waals surface area contributed by atoms with Crippen LogP contribution in [-0.2, 0) is 10.1 Å². The van der Waals surface area contributed by atoms with Crippen molar-refractivity contribution >= 4 is 56.6 Å². The molecular formula is C15H9ClFN7O5S. The Morgan fingerprint density at radius 1 is 1.13 bits per heavy atom. The molecule has 0 saturated carbocycles. The molecule has 12 nitrogen and oxygen atoms in total. The molecule has 0 aliphatic carbocycles. The van der Waals surface area contributed by atoms with Crippen LogP contribution in [0.4, 0.5) is 21.7 Å². The van der Waals surface area contributed by atoms with Gasteiger partial charge in [-0.1, -0.05) is 11.6 Å². The summed E-state index contributed by atoms with van der Waals surface area (Å²) < 4.78 is 53.9. The molecule has 4 rings (SSSR count). The van der Waals surface area contributed by atoms with Crippen LogP contribution in [-0.4, -0.2) is 39.5 Å². The summed E-state index contributed by atoms with van der Waals surface area (Å²) in [4.78, 5) is 8.35. The van der Waals surface area contributed by atoms with Crippen LogP contribution in [0.2, 0.25) is 5.02 Å². The Bertz CT molecular complexity index is 1370. The Morgan fingerprint density at radius 3 is 2.53 bits per heavy atom. The number of hydrogen-bond acceptors (Lipinski definition) is 11. The molecular weight excluding hydrogens is 445 g/mol. The van der Waals surface area contributed by atoms with E-state index in [9.17, 15) is 12.8 Å². The molecule has 0 atom stereocenters. The standard InChI is InChI=1S/C15H9ClFN7O5S/c16-9-5-7(1-3-10(9)17)19-12-13(21-15-14(20-12)23-29-24-15)22-18-6-8-2-4-11(28-8)30(25,26)27/h1-6H,(H,19,20,23)(H,21,22,24)(H,25,26,27). The van der Waals surface area contributed by atoms with Crippen LogP contribution in [0.25, 0.3) is 11.3 Å². The number of benzene rings is 1. The van der Waals surface area contributed by atoms with E-state index in [1.54, 1.807) is 0 Å². The first-order chi connectivity index (χ1) is 14.3. The Hall–Kier alpha value is -3.62. The van der Waals surface area contributed by atoms with Gasteiger partial charge in [0.1, 0.15) is 11.6 Å². The van der Waals surface area contributed by atoms with Crippen LogP contribution >= 0.6 is 11.6 Å². The number of halogens is 2. The normalized spacial score (nSPS) is 12.0. The minimum atomic E-state index is -4.47. The van der Waals surface area contributed by atoms with E-state index in [0.29, 0.717) is 5.69 Å². The Kier molecular flexibility index (Phi) is 5.03. The second-order valence-corrected chi connectivity index (χ2v) is 7.35. The first-order valence-corrected chi connectivity index (χ1v) is 9.70. The van der Waals surface area contributed by atoms with Crippen molar-refractivity contribution in [2.24, 2.45) is 5.10 Å². The molecule has 0 spiro atoms. The zero-order valence-electron chi connectivity index (χ0n) is 14.4. The van der Waals surface area contributed by atoms with Crippen molar-refractivity contribution in [3.63, 3.8) is 0 Å². The summed E-state index contributed by atoms with van der Waals surface area (Å²) in [6, 6.07) is 6.29. The van der Waals surface area contributed by atoms with E-state index in [-0.39, 0.29) is 33.7 Å². The summed E-state index contributed by atoms with van der Waals surface area (Å²) in [5.74, 6) is -0.338. The third-order valence-electron chi connectivity index (χ3n) is 3.52. The lowest BCUT2D eigenvalue weighted by Crippen LogP contribution is -2.03. The number of nitrogens with one attached hydrogen (secondary N) is 2. The predicted octanol–water partition coefficient (Wildman–Crippen LogP) is 2.83. The van der Waals surface area contributed by atoms with E-state index in [4.69, 9.17) is 20.6 Å². The molecule has 154 valence electrons. The molecule has 0 saturated heterocycles. The summed E-state index contributed by atoms with van der Waals surface area (Å²) in [5.41, 5.74) is 3.17. The summed E-state index contributed by atoms with van der Waals surface area (Å²) in [7, 11) is -4.47. The summed E-state index contributed by atoms with van der Waals surface area (Å²) in [5, 5.41) is 13.2. The second kappa shape index (κ2) is 7.66. The molecule has 3 aromatic heterocycles. The minimum absolute atomic E-state index is 0.0343. The fourth-order valence-corrected chi connectivity index (χ4v) is 2.84. The van der Waals surface area contributed by atoms with E-state index in [0.717, 1.165) is 12.3 Å². The third kappa shape index (κ3) is 4.19. The van der Waals surface area contributed by atoms with Gasteiger partial charge in [0, 0.05) is 5.69 Å². The highest BCUT2D eigenvalue weighted by atomic mass is 35.5. The number of hydrogen-bond donors (Lipinski definition) is 3. The van der Waals surface area contributed by atoms with E-state index in [1.807, 2.05) is 0 Å². The van der Waals surface area contributed by atoms with Crippen LogP contribution < -0.4 is 10.7 Å². The zero-order chi connectivity index (χ0) is 21.3. The first-order valence-electron chi connectivity index (χ1n) is 7.88. The number of furan rings is 1. The van der Waals surface area contributed by atoms with Crippen molar-refractivity contribution in [3.05, 3.63) is 46.9 Å². The van der Waals surface area contributed by atoms with Gasteiger partial charge in [-0.2, -0.15) is 18.5 Å². The molecule has 0 aliphatic heterocycles. The van der Waals surface area contributed by atoms with Gasteiger partial charge in [-0.25, -0.2) is 14.0 Å². The predicted molar refractivity (Wildman–Crippen MR) is 102 cm³/mol. The number of rotatable bonds is 6. The molecule has 3 heterocycles. The smallest absolute Gasteiger partial charge is 0.328 e. The SMILES string of the molecule is O=S(=O)(O)c1ccc(C=NNc2nc3nonc3nc2Nc2ccc(F)c(Cl)c2)o1. The monoisotopic (exact) mass is 453 g/mol. The van der Waals surface area contributed by atoms with Crippen LogP contribution in [0, 0.1) is 5.82 Å². The van der Waals surface area contributed by atoms with Crippen molar-refractivity contribution in [1.29, 1.82) is 0 Å². The van der Waals surface area contributed by atoms with Crippen LogP contribution in [0.1, 0.15) is 5.76 Å². The van der Waals surface area contributed by atoms with E-state index < -0.39 is 21.0 Å². The molecule has 30 heavy (non-hydrogen) atoms. The lowest BCUT2D eigenvalue weighted by Gasteiger charge is -2.09. The topological polar surface area (TPSA) is 169 Å². The van der Waals surface area contributed by atoms with Crippen molar-refractivity contribution in [3.8, 4) is 0 Å². The number of aromatic nitrogens is 4. The molecule has 0 unspecified atom stereocenters. The second-order valence-electron chi connectivity index (χ2n) is 5.59. The average Bonchev–Trinajstić information content (AvgIpc) is 3.33. The molecule has 0 bridgehead atoms. The quantitative estimate of drug-likeness (QED) is 0.223. The van der Waals surface area contributed by atoms with Gasteiger partial charge < -0.3 is 9.73 Å². The van der Waals surface area contributed by atoms with Crippen LogP contribution in [0.15, 0.2) is 49.6 Å². The van der Waals surface area contributed by atoms with Crippen LogP contribution in [0.5, 0.6) is 0 Å². The van der Waals surface area contributed by atoms with Gasteiger partial charge in [0.2, 0.25) is 16.4 Å². The highest BCUT2D eigenvalue weighted by Crippen LogP contribution is 2.26. The highest BCUT2D eigenvalue weighted by Gasteiger charge is 2.15. The number of nitrogens with zero attached hydrogens (tertiary/aromatic N) is 5. The van der Waals surface area contributed by atoms with Gasteiger partial charge in [0.15, 0.2) is 11.6 Å². The van der Waals surface area contributed by atoms with Gasteiger partial charge >= 0.3 is 10.1 Å². The van der Waals surface area contributed by atoms with Crippen molar-refractivity contribution < 1.29 is 26.4 Å². The van der Waals surface area contributed by atoms with Gasteiger partial charge in [-0.15, -0.1) is 0 Å². The van der Waals surface area contributed by atoms with E-state index >= 15 is 0 Å². The highest BCUT2D eigenvalue weighted by molar-refractivity contribution is 7.85. The number of hydrazone groups is 1. The number of fused-ring (bicyclic) bond motifs is 1. The summed E-state index contributed by atoms with van der Waals surface area (Å²) >= 11 is 5.78. The fraction of sp³-hybridized carbons (Fsp3) is 0.